The maximum absolute atomic E-state index is 13.1. The molecule has 0 radical (unpaired) electrons. The van der Waals surface area contributed by atoms with Gasteiger partial charge in [0.05, 0.1) is 53.4 Å². The summed E-state index contributed by atoms with van der Waals surface area (Å²) >= 11 is 0. The van der Waals surface area contributed by atoms with Gasteiger partial charge < -0.3 is 56.9 Å². The average molecular weight is 1120 g/mol. The lowest BCUT2D eigenvalue weighted by Crippen LogP contribution is -2.70. The van der Waals surface area contributed by atoms with Crippen LogP contribution in [0, 0.1) is 0 Å². The second-order valence-electron chi connectivity index (χ2n) is 22.7. The number of benzene rings is 7. The number of hydrogen-bond acceptors (Lipinski definition) is 12. The second kappa shape index (κ2) is 27.0. The minimum atomic E-state index is -3.14. The van der Waals surface area contributed by atoms with Crippen LogP contribution in [0.3, 0.4) is 0 Å². The number of hydrogen-bond donors (Lipinski definition) is 1. The fraction of sp³-hybridized carbons (Fsp3) is 0.382. The lowest BCUT2D eigenvalue weighted by molar-refractivity contribution is -0.313. The van der Waals surface area contributed by atoms with E-state index in [-0.39, 0.29) is 44.7 Å². The molecule has 10 rings (SSSR count). The lowest BCUT2D eigenvalue weighted by Gasteiger charge is -2.51. The molecule has 0 aromatic heterocycles. The summed E-state index contributed by atoms with van der Waals surface area (Å²) in [6.07, 6.45) is -9.94. The molecule has 12 nitrogen and oxygen atoms in total. The van der Waals surface area contributed by atoms with E-state index in [2.05, 4.69) is 69.3 Å². The van der Waals surface area contributed by atoms with Crippen molar-refractivity contribution in [3.8, 4) is 5.75 Å². The molecule has 426 valence electrons. The Balaban J connectivity index is 1.09. The van der Waals surface area contributed by atoms with Gasteiger partial charge in [-0.2, -0.15) is 0 Å². The second-order valence-corrected chi connectivity index (χ2v) is 27.0. The zero-order chi connectivity index (χ0) is 56.2. The number of rotatable bonds is 24. The summed E-state index contributed by atoms with van der Waals surface area (Å²) in [5.74, 6) is -0.367. The third-order valence-corrected chi connectivity index (χ3v) is 20.6. The minimum absolute atomic E-state index is 0.103. The lowest BCUT2D eigenvalue weighted by atomic mass is 9.85. The van der Waals surface area contributed by atoms with E-state index in [1.165, 1.54) is 0 Å². The van der Waals surface area contributed by atoms with Crippen LogP contribution in [0.1, 0.15) is 62.4 Å². The van der Waals surface area contributed by atoms with Crippen molar-refractivity contribution in [3.05, 3.63) is 234 Å². The topological polar surface area (TPSA) is 122 Å². The van der Waals surface area contributed by atoms with Crippen molar-refractivity contribution in [1.82, 2.24) is 0 Å². The van der Waals surface area contributed by atoms with Gasteiger partial charge in [-0.05, 0) is 69.2 Å². The fourth-order valence-corrected chi connectivity index (χ4v) is 16.2. The van der Waals surface area contributed by atoms with Crippen LogP contribution in [0.5, 0.6) is 5.75 Å². The van der Waals surface area contributed by atoms with Crippen molar-refractivity contribution in [3.63, 3.8) is 0 Å². The molecule has 0 unspecified atom stereocenters. The van der Waals surface area contributed by atoms with Gasteiger partial charge in [-0.15, -0.1) is 0 Å². The van der Waals surface area contributed by atoms with Gasteiger partial charge in [0.15, 0.2) is 5.79 Å². The summed E-state index contributed by atoms with van der Waals surface area (Å²) in [5.41, 5.74) is 4.76. The van der Waals surface area contributed by atoms with Crippen LogP contribution in [0.25, 0.3) is 0 Å². The van der Waals surface area contributed by atoms with Gasteiger partial charge in [-0.25, -0.2) is 0 Å². The van der Waals surface area contributed by atoms with E-state index in [0.717, 1.165) is 38.2 Å². The Morgan fingerprint density at radius 2 is 0.914 bits per heavy atom. The summed E-state index contributed by atoms with van der Waals surface area (Å²) < 4.78 is 77.3. The highest BCUT2D eigenvalue weighted by atomic mass is 28.4. The van der Waals surface area contributed by atoms with Crippen molar-refractivity contribution >= 4 is 18.7 Å². The number of fused-ring (bicyclic) bond motifs is 1. The molecule has 3 heterocycles. The summed E-state index contributed by atoms with van der Waals surface area (Å²) in [7, 11) is -1.49. The molecule has 3 aliphatic heterocycles. The highest BCUT2D eigenvalue weighted by molar-refractivity contribution is 6.99. The van der Waals surface area contributed by atoms with E-state index in [0.29, 0.717) is 12.4 Å². The van der Waals surface area contributed by atoms with Crippen LogP contribution in [0.4, 0.5) is 0 Å². The van der Waals surface area contributed by atoms with Gasteiger partial charge in [-0.3, -0.25) is 0 Å². The molecule has 7 aromatic carbocycles. The standard InChI is InChI=1S/C68H78O12Si/c1-67(2,3)81(54-33-21-11-22-34-54,55-35-23-12-24-36-55)76-47-57-60-62(80-68(4,5)79-60)58(69)61(77-57)64(74-45-52-37-39-53(70-6)40-38-52)66-65(75-44-51-31-19-10-20-32-51)63(73-43-50-29-17-9-18-30-50)59(72-42-49-27-15-8-16-28-49)56(78-66)46-71-41-48-25-13-7-14-26-48/h7-40,56-66,69H,41-47H2,1-6H3/t56-,57-,58+,59-,60+,61-,62-,63+,64-,65+,66-/m1/s1. The molecule has 0 saturated carbocycles. The smallest absolute Gasteiger partial charge is 0.261 e. The molecule has 81 heavy (non-hydrogen) atoms. The number of aliphatic hydroxyl groups excluding tert-OH is 1. The van der Waals surface area contributed by atoms with Crippen molar-refractivity contribution in [2.24, 2.45) is 0 Å². The van der Waals surface area contributed by atoms with Crippen LogP contribution in [0.15, 0.2) is 206 Å². The molecule has 0 spiro atoms. The van der Waals surface area contributed by atoms with Gasteiger partial charge in [0, 0.05) is 0 Å². The van der Waals surface area contributed by atoms with Crippen molar-refractivity contribution in [1.29, 1.82) is 0 Å². The van der Waals surface area contributed by atoms with Crippen molar-refractivity contribution in [2.45, 2.75) is 146 Å². The Kier molecular flexibility index (Phi) is 19.4. The highest BCUT2D eigenvalue weighted by Crippen LogP contribution is 2.44. The molecule has 13 heteroatoms. The van der Waals surface area contributed by atoms with E-state index in [1.54, 1.807) is 7.11 Å². The Bertz CT molecular complexity index is 2910. The maximum atomic E-state index is 13.1. The third-order valence-electron chi connectivity index (χ3n) is 15.6. The van der Waals surface area contributed by atoms with E-state index >= 15 is 0 Å². The van der Waals surface area contributed by atoms with Gasteiger partial charge in [0.1, 0.15) is 72.9 Å². The average Bonchev–Trinajstić information content (AvgIpc) is 3.98. The first kappa shape index (κ1) is 58.3. The minimum Gasteiger partial charge on any atom is -0.497 e. The Labute approximate surface area is 479 Å². The molecule has 7 aromatic rings. The first-order chi connectivity index (χ1) is 39.4. The van der Waals surface area contributed by atoms with Crippen LogP contribution >= 0.6 is 0 Å². The molecule has 3 fully saturated rings. The summed E-state index contributed by atoms with van der Waals surface area (Å²) in [4.78, 5) is 0. The van der Waals surface area contributed by atoms with Gasteiger partial charge in [0.25, 0.3) is 8.32 Å². The first-order valence-electron chi connectivity index (χ1n) is 28.3. The molecule has 1 N–H and O–H groups in total. The van der Waals surface area contributed by atoms with Crippen LogP contribution < -0.4 is 15.1 Å². The van der Waals surface area contributed by atoms with E-state index in [1.807, 2.05) is 172 Å². The zero-order valence-electron chi connectivity index (χ0n) is 47.4. The van der Waals surface area contributed by atoms with Gasteiger partial charge in [-0.1, -0.05) is 215 Å². The molecule has 11 atom stereocenters. The molecule has 0 aliphatic carbocycles. The quantitative estimate of drug-likeness (QED) is 0.0580. The molecule has 3 saturated heterocycles. The zero-order valence-corrected chi connectivity index (χ0v) is 48.4. The number of methoxy groups -OCH3 is 1. The fourth-order valence-electron chi connectivity index (χ4n) is 11.7. The molecule has 0 bridgehead atoms. The summed E-state index contributed by atoms with van der Waals surface area (Å²) in [5, 5.41) is 15.0. The predicted molar refractivity (Wildman–Crippen MR) is 313 cm³/mol. The SMILES string of the molecule is COc1ccc(CO[C@@H]([C@H]2O[C@H](COCc3ccccc3)[C@@H](OCc3ccccc3)[C@H](OCc3ccccc3)[C@@H]2OCc2ccccc2)[C@@H]2O[C@H](CO[Si](c3ccccc3)(c3ccccc3)C(C)(C)C)[C@@H]3OC(C)(C)O[C@@H]3[C@H]2O)cc1. The molecular weight excluding hydrogens is 1040 g/mol. The summed E-state index contributed by atoms with van der Waals surface area (Å²) in [6.45, 7) is 11.8. The van der Waals surface area contributed by atoms with E-state index in [9.17, 15) is 5.11 Å². The predicted octanol–water partition coefficient (Wildman–Crippen LogP) is 10.5. The van der Waals surface area contributed by atoms with Crippen LogP contribution in [-0.4, -0.2) is 107 Å². The monoisotopic (exact) mass is 1110 g/mol. The van der Waals surface area contributed by atoms with E-state index < -0.39 is 81.2 Å². The van der Waals surface area contributed by atoms with Crippen molar-refractivity contribution < 1.29 is 56.9 Å². The largest absolute Gasteiger partial charge is 0.497 e. The van der Waals surface area contributed by atoms with Gasteiger partial charge >= 0.3 is 0 Å². The normalized spacial score (nSPS) is 25.0. The highest BCUT2D eigenvalue weighted by Gasteiger charge is 2.61. The first-order valence-corrected chi connectivity index (χ1v) is 30.2. The Hall–Kier alpha value is -5.88. The Morgan fingerprint density at radius 1 is 0.481 bits per heavy atom. The summed E-state index contributed by atoms with van der Waals surface area (Å²) in [6, 6.07) is 69.0. The number of aliphatic hydroxyl groups is 1. The Morgan fingerprint density at radius 3 is 1.41 bits per heavy atom. The molecule has 0 amide bonds. The van der Waals surface area contributed by atoms with Crippen LogP contribution in [0.2, 0.25) is 5.04 Å². The van der Waals surface area contributed by atoms with E-state index in [4.69, 9.17) is 51.8 Å². The molecule has 3 aliphatic rings. The van der Waals surface area contributed by atoms with Gasteiger partial charge in [0.2, 0.25) is 0 Å². The third kappa shape index (κ3) is 14.1. The number of ether oxygens (including phenoxy) is 10. The molecular formula is C68H78O12Si. The maximum Gasteiger partial charge on any atom is 0.261 e. The van der Waals surface area contributed by atoms with Crippen molar-refractivity contribution in [2.75, 3.05) is 20.3 Å². The van der Waals surface area contributed by atoms with Crippen LogP contribution in [-0.2, 0) is 80.1 Å².